The maximum atomic E-state index is 12.8. The van der Waals surface area contributed by atoms with Gasteiger partial charge in [-0.1, -0.05) is 36.9 Å². The number of isocyanates is 1. The Morgan fingerprint density at radius 3 is 2.05 bits per heavy atom. The predicted octanol–water partition coefficient (Wildman–Crippen LogP) is 4.88. The lowest BCUT2D eigenvalue weighted by atomic mass is 10.1. The molecule has 0 fully saturated rings. The monoisotopic (exact) mass is 799 g/mol. The fraction of sp³-hybridized carbons (Fsp3) is 0.122. The number of allylic oxidation sites excluding steroid dienone is 1. The summed E-state index contributed by atoms with van der Waals surface area (Å²) >= 11 is 0. The number of amides is 2. The van der Waals surface area contributed by atoms with E-state index in [1.807, 2.05) is 37.3 Å². The molecule has 1 aliphatic heterocycles. The Bertz CT molecular complexity index is 2500. The summed E-state index contributed by atoms with van der Waals surface area (Å²) in [6.45, 7) is 8.14. The van der Waals surface area contributed by atoms with E-state index in [2.05, 4.69) is 19.8 Å². The number of benzene rings is 4. The number of nitriles is 1. The van der Waals surface area contributed by atoms with Crippen molar-refractivity contribution < 1.29 is 43.6 Å². The van der Waals surface area contributed by atoms with E-state index >= 15 is 0 Å². The number of aromatic nitrogens is 2. The van der Waals surface area contributed by atoms with Crippen molar-refractivity contribution in [2.45, 2.75) is 13.3 Å². The number of nitrogens with zero attached hydrogens (tertiary/aromatic N) is 6. The molecule has 2 amide bonds. The molecule has 0 saturated heterocycles. The van der Waals surface area contributed by atoms with Crippen molar-refractivity contribution in [3.8, 4) is 46.2 Å². The lowest BCUT2D eigenvalue weighted by Gasteiger charge is -2.19. The van der Waals surface area contributed by atoms with Gasteiger partial charge >= 0.3 is 0 Å². The van der Waals surface area contributed by atoms with E-state index in [4.69, 9.17) is 48.4 Å². The number of primary amides is 1. The maximum Gasteiger partial charge on any atom is 0.267 e. The average Bonchev–Trinajstić information content (AvgIpc) is 3.58. The second-order valence-corrected chi connectivity index (χ2v) is 11.6. The van der Waals surface area contributed by atoms with Crippen molar-refractivity contribution in [1.29, 1.82) is 5.26 Å². The van der Waals surface area contributed by atoms with Crippen LogP contribution in [0.3, 0.4) is 0 Å². The molecule has 0 bridgehead atoms. The first-order valence-corrected chi connectivity index (χ1v) is 16.8. The Kier molecular flexibility index (Phi) is 16.2. The van der Waals surface area contributed by atoms with Crippen LogP contribution in [0.2, 0.25) is 0 Å². The third-order valence-corrected chi connectivity index (χ3v) is 7.91. The van der Waals surface area contributed by atoms with Gasteiger partial charge in [0, 0.05) is 16.7 Å². The Morgan fingerprint density at radius 2 is 1.53 bits per heavy atom. The first kappa shape index (κ1) is 44.7. The molecule has 0 saturated carbocycles. The first-order valence-electron chi connectivity index (χ1n) is 16.8. The van der Waals surface area contributed by atoms with Crippen molar-refractivity contribution in [3.05, 3.63) is 130 Å². The third-order valence-electron chi connectivity index (χ3n) is 7.91. The predicted molar refractivity (Wildman–Crippen MR) is 215 cm³/mol. The van der Waals surface area contributed by atoms with Gasteiger partial charge in [0.1, 0.15) is 41.0 Å². The molecule has 18 heteroatoms. The summed E-state index contributed by atoms with van der Waals surface area (Å²) in [5, 5.41) is 27.2. The molecule has 1 aliphatic rings. The number of fused-ring (bicyclic) bond motifs is 1. The number of phenols is 2. The molecule has 0 radical (unpaired) electrons. The van der Waals surface area contributed by atoms with E-state index in [-0.39, 0.29) is 46.9 Å². The van der Waals surface area contributed by atoms with Gasteiger partial charge in [-0.2, -0.15) is 10.3 Å². The molecule has 8 N–H and O–H groups in total. The number of hydrogen-bond acceptors (Lipinski definition) is 15. The van der Waals surface area contributed by atoms with Gasteiger partial charge in [-0.25, -0.2) is 14.8 Å². The molecule has 2 heterocycles. The molecule has 18 nitrogen and oxygen atoms in total. The highest BCUT2D eigenvalue weighted by molar-refractivity contribution is 6.10. The van der Waals surface area contributed by atoms with E-state index in [1.165, 1.54) is 50.5 Å². The minimum Gasteiger partial charge on any atom is -0.504 e. The zero-order valence-electron chi connectivity index (χ0n) is 32.0. The summed E-state index contributed by atoms with van der Waals surface area (Å²) < 4.78 is 14.8. The van der Waals surface area contributed by atoms with Crippen LogP contribution in [0.4, 0.5) is 17.2 Å². The van der Waals surface area contributed by atoms with Crippen LogP contribution in [0.1, 0.15) is 32.0 Å². The average molecular weight is 800 g/mol. The summed E-state index contributed by atoms with van der Waals surface area (Å²) in [5.74, 6) is 0.407. The van der Waals surface area contributed by atoms with Crippen LogP contribution in [0, 0.1) is 24.8 Å². The molecular weight excluding hydrogens is 763 g/mol. The van der Waals surface area contributed by atoms with E-state index in [0.717, 1.165) is 5.56 Å². The number of methoxy groups -OCH3 is 3. The molecule has 0 aliphatic carbocycles. The van der Waals surface area contributed by atoms with Gasteiger partial charge in [0.05, 0.1) is 33.4 Å². The molecule has 5 aromatic rings. The van der Waals surface area contributed by atoms with Gasteiger partial charge in [-0.05, 0) is 67.1 Å². The molecule has 0 atom stereocenters. The number of ether oxygens (including phenoxy) is 3. The number of aldehydes is 1. The van der Waals surface area contributed by atoms with Gasteiger partial charge in [-0.15, -0.1) is 0 Å². The smallest absolute Gasteiger partial charge is 0.267 e. The lowest BCUT2D eigenvalue weighted by Crippen LogP contribution is -2.22. The van der Waals surface area contributed by atoms with Crippen molar-refractivity contribution in [3.63, 3.8) is 0 Å². The van der Waals surface area contributed by atoms with Gasteiger partial charge in [0.15, 0.2) is 28.8 Å². The Balaban J connectivity index is 0.000000253. The lowest BCUT2D eigenvalue weighted by molar-refractivity contribution is -0.116. The van der Waals surface area contributed by atoms with E-state index in [1.54, 1.807) is 42.5 Å². The number of aryl methyl sites for hydroxylation is 1. The fourth-order valence-corrected chi connectivity index (χ4v) is 5.06. The number of rotatable bonds is 8. The van der Waals surface area contributed by atoms with Gasteiger partial charge in [-0.3, -0.25) is 19.3 Å². The highest BCUT2D eigenvalue weighted by Gasteiger charge is 2.35. The molecule has 1 aromatic heterocycles. The number of para-hydroxylation sites is 3. The minimum atomic E-state index is -0.748. The molecule has 0 spiro atoms. The number of phenolic OH excluding ortho intramolecular Hbond substituents is 2. The summed E-state index contributed by atoms with van der Waals surface area (Å²) in [6.07, 6.45) is 2.10. The van der Waals surface area contributed by atoms with Crippen LogP contribution >= 0.6 is 0 Å². The number of carbonyl (C=O) groups excluding carboxylic acids is 4. The van der Waals surface area contributed by atoms with Gasteiger partial charge < -0.3 is 46.5 Å². The third kappa shape index (κ3) is 11.4. The van der Waals surface area contributed by atoms with Crippen LogP contribution in [0.25, 0.3) is 16.2 Å². The number of anilines is 2. The Labute approximate surface area is 337 Å². The van der Waals surface area contributed by atoms with Crippen LogP contribution in [0.5, 0.6) is 28.7 Å². The first-order chi connectivity index (χ1) is 28.3. The summed E-state index contributed by atoms with van der Waals surface area (Å²) in [7, 11) is 4.42. The Hall–Kier alpha value is -8.73. The molecule has 6 rings (SSSR count). The van der Waals surface area contributed by atoms with Crippen molar-refractivity contribution >= 4 is 41.4 Å². The number of aromatic hydroxyl groups is 2. The second-order valence-electron chi connectivity index (χ2n) is 11.6. The van der Waals surface area contributed by atoms with Crippen LogP contribution in [-0.4, -0.2) is 65.7 Å². The standard InChI is InChI=1S/C21H18N4O4.C8H7NO2.C8H8O3.C4H4N4/c1-11-5-3-4-6-14(11)25-17(27)10-13-18(19(22)28)23-20(24-21(13)25)12-7-8-16(29-2)15(26)9-12;1-11-8-5-3-2-4-7(8)9-6-10;1-11-8-3-2-6(5-9)4-7(8)10;1-8-4(7)3(6)2-5/h3-9,26H,10H2,1-2H3,(H2,22,28);2-5H,1H3;2-5,10H,1H3;6-7H2/b;;;4-3+. The van der Waals surface area contributed by atoms with Crippen molar-refractivity contribution in [1.82, 2.24) is 9.97 Å². The van der Waals surface area contributed by atoms with E-state index < -0.39 is 5.91 Å². The number of nitrogens with two attached hydrogens (primary N) is 3. The highest BCUT2D eigenvalue weighted by Crippen LogP contribution is 2.39. The summed E-state index contributed by atoms with van der Waals surface area (Å²) in [6, 6.07) is 25.1. The molecule has 59 heavy (non-hydrogen) atoms. The highest BCUT2D eigenvalue weighted by atomic mass is 16.5. The minimum absolute atomic E-state index is 0.00950. The van der Waals surface area contributed by atoms with Gasteiger partial charge in [0.25, 0.3) is 11.7 Å². The molecule has 300 valence electrons. The normalized spacial score (nSPS) is 11.0. The topological polar surface area (TPSA) is 284 Å². The van der Waals surface area contributed by atoms with Crippen LogP contribution in [-0.2, 0) is 16.0 Å². The number of aliphatic imine (C=N–C) groups is 1. The van der Waals surface area contributed by atoms with E-state index in [0.29, 0.717) is 57.4 Å². The summed E-state index contributed by atoms with van der Waals surface area (Å²) in [5.41, 5.74) is 18.5. The van der Waals surface area contributed by atoms with Gasteiger partial charge in [0.2, 0.25) is 12.0 Å². The second kappa shape index (κ2) is 21.4. The zero-order chi connectivity index (χ0) is 43.6. The zero-order valence-corrected chi connectivity index (χ0v) is 32.0. The maximum absolute atomic E-state index is 12.8. The van der Waals surface area contributed by atoms with Crippen molar-refractivity contribution in [2.75, 3.05) is 26.2 Å². The largest absolute Gasteiger partial charge is 0.504 e. The molecule has 0 unspecified atom stereocenters. The summed E-state index contributed by atoms with van der Waals surface area (Å²) in [4.78, 5) is 61.4. The van der Waals surface area contributed by atoms with Crippen LogP contribution < -0.4 is 36.3 Å². The van der Waals surface area contributed by atoms with Crippen molar-refractivity contribution in [2.24, 2.45) is 22.2 Å². The molecule has 4 aromatic carbocycles. The van der Waals surface area contributed by atoms with E-state index in [9.17, 15) is 24.3 Å². The Morgan fingerprint density at radius 1 is 0.915 bits per heavy atom. The number of carbonyl (C=O) groups is 3. The van der Waals surface area contributed by atoms with Crippen LogP contribution in [0.15, 0.2) is 101 Å². The fourth-order valence-electron chi connectivity index (χ4n) is 5.06. The molecular formula is C41H37N9O9. The SMILES string of the molecule is COc1ccc(-c2nc(C(N)=O)c3c(n2)N(c2ccccc2C)C(=O)C3)cc1O.COc1ccc(C=O)cc1O.COc1ccccc1N=C=O.[C-]#[N+]/C(N)=C(/N)C#N. The number of hydrogen-bond donors (Lipinski definition) is 5. The quantitative estimate of drug-likeness (QED) is 0.0460.